The van der Waals surface area contributed by atoms with E-state index >= 15 is 0 Å². The fourth-order valence-corrected chi connectivity index (χ4v) is 5.32. The van der Waals surface area contributed by atoms with E-state index in [1.54, 1.807) is 0 Å². The number of piperidine rings is 1. The molecule has 0 spiro atoms. The number of carbonyl (C=O) groups excluding carboxylic acids is 1. The maximum absolute atomic E-state index is 12.7. The van der Waals surface area contributed by atoms with Crippen molar-refractivity contribution in [2.45, 2.75) is 45.1 Å². The molecule has 1 heterocycles. The van der Waals surface area contributed by atoms with E-state index in [0.29, 0.717) is 0 Å². The standard InChI is InChI=1S/C21H28N2O3/c24-20(18-15-6-7-16(12-15)19(18)21(25)26)22-17-8-4-14(5-9-17)13-23-10-2-1-3-11-23/h4-5,8-9,15-16,18-19H,1-3,6-7,10-13H2,(H,22,24)(H,25,26)/t15-,16+,18-,19-/m0/s1. The van der Waals surface area contributed by atoms with Gasteiger partial charge in [0.15, 0.2) is 0 Å². The minimum absolute atomic E-state index is 0.117. The van der Waals surface area contributed by atoms with Crippen molar-refractivity contribution in [3.8, 4) is 0 Å². The van der Waals surface area contributed by atoms with E-state index < -0.39 is 11.9 Å². The maximum Gasteiger partial charge on any atom is 0.307 e. The highest BCUT2D eigenvalue weighted by atomic mass is 16.4. The summed E-state index contributed by atoms with van der Waals surface area (Å²) in [7, 11) is 0. The van der Waals surface area contributed by atoms with Crippen LogP contribution in [-0.4, -0.2) is 35.0 Å². The predicted molar refractivity (Wildman–Crippen MR) is 99.6 cm³/mol. The summed E-state index contributed by atoms with van der Waals surface area (Å²) < 4.78 is 0. The first-order valence-corrected chi connectivity index (χ1v) is 9.97. The van der Waals surface area contributed by atoms with E-state index in [4.69, 9.17) is 0 Å². The van der Waals surface area contributed by atoms with Crippen molar-refractivity contribution in [3.63, 3.8) is 0 Å². The van der Waals surface area contributed by atoms with Crippen LogP contribution in [0, 0.1) is 23.7 Å². The number of amides is 1. The normalized spacial score (nSPS) is 31.1. The smallest absolute Gasteiger partial charge is 0.307 e. The van der Waals surface area contributed by atoms with E-state index in [1.807, 2.05) is 12.1 Å². The predicted octanol–water partition coefficient (Wildman–Crippen LogP) is 3.36. The molecule has 140 valence electrons. The molecule has 1 aliphatic heterocycles. The molecule has 2 saturated carbocycles. The largest absolute Gasteiger partial charge is 0.481 e. The van der Waals surface area contributed by atoms with Gasteiger partial charge in [0.1, 0.15) is 0 Å². The second-order valence-electron chi connectivity index (χ2n) is 8.25. The van der Waals surface area contributed by atoms with Crippen LogP contribution in [0.25, 0.3) is 0 Å². The molecule has 3 aliphatic rings. The lowest BCUT2D eigenvalue weighted by atomic mass is 9.78. The highest BCUT2D eigenvalue weighted by molar-refractivity contribution is 5.96. The number of hydrogen-bond acceptors (Lipinski definition) is 3. The van der Waals surface area contributed by atoms with Gasteiger partial charge in [-0.05, 0) is 74.7 Å². The van der Waals surface area contributed by atoms with Crippen LogP contribution in [0.5, 0.6) is 0 Å². The van der Waals surface area contributed by atoms with Gasteiger partial charge >= 0.3 is 5.97 Å². The molecule has 2 aliphatic carbocycles. The van der Waals surface area contributed by atoms with E-state index in [-0.39, 0.29) is 23.7 Å². The molecule has 2 bridgehead atoms. The molecule has 1 amide bonds. The third kappa shape index (κ3) is 3.50. The quantitative estimate of drug-likeness (QED) is 0.849. The minimum Gasteiger partial charge on any atom is -0.481 e. The number of hydrogen-bond donors (Lipinski definition) is 2. The van der Waals surface area contributed by atoms with Crippen LogP contribution < -0.4 is 5.32 Å². The maximum atomic E-state index is 12.7. The summed E-state index contributed by atoms with van der Waals surface area (Å²) in [5.74, 6) is -1.39. The number of carboxylic acids is 1. The summed E-state index contributed by atoms with van der Waals surface area (Å²) in [6.07, 6.45) is 6.73. The van der Waals surface area contributed by atoms with Gasteiger partial charge in [0.25, 0.3) is 0 Å². The Balaban J connectivity index is 1.37. The van der Waals surface area contributed by atoms with Crippen LogP contribution in [0.1, 0.15) is 44.1 Å². The summed E-state index contributed by atoms with van der Waals surface area (Å²) >= 11 is 0. The Hall–Kier alpha value is -1.88. The van der Waals surface area contributed by atoms with Crippen molar-refractivity contribution in [3.05, 3.63) is 29.8 Å². The average molecular weight is 356 g/mol. The zero-order valence-corrected chi connectivity index (χ0v) is 15.2. The Labute approximate surface area is 154 Å². The van der Waals surface area contributed by atoms with Crippen molar-refractivity contribution in [2.24, 2.45) is 23.7 Å². The molecule has 1 aromatic carbocycles. The minimum atomic E-state index is -0.811. The Bertz CT molecular complexity index is 666. The van der Waals surface area contributed by atoms with Crippen molar-refractivity contribution in [1.82, 2.24) is 4.90 Å². The van der Waals surface area contributed by atoms with E-state index in [2.05, 4.69) is 22.3 Å². The topological polar surface area (TPSA) is 69.6 Å². The zero-order chi connectivity index (χ0) is 18.1. The first-order chi connectivity index (χ1) is 12.6. The number of likely N-dealkylation sites (tertiary alicyclic amines) is 1. The number of carboxylic acid groups (broad SMARTS) is 1. The highest BCUT2D eigenvalue weighted by Gasteiger charge is 2.53. The Morgan fingerprint density at radius 2 is 1.65 bits per heavy atom. The van der Waals surface area contributed by atoms with Crippen LogP contribution >= 0.6 is 0 Å². The second-order valence-corrected chi connectivity index (χ2v) is 8.25. The third-order valence-electron chi connectivity index (χ3n) is 6.58. The van der Waals surface area contributed by atoms with Crippen LogP contribution in [-0.2, 0) is 16.1 Å². The number of anilines is 1. The summed E-state index contributed by atoms with van der Waals surface area (Å²) in [5.41, 5.74) is 2.03. The van der Waals surface area contributed by atoms with Crippen LogP contribution in [0.15, 0.2) is 24.3 Å². The molecule has 1 aromatic rings. The van der Waals surface area contributed by atoms with Gasteiger partial charge in [-0.1, -0.05) is 18.6 Å². The Morgan fingerprint density at radius 1 is 1.00 bits per heavy atom. The van der Waals surface area contributed by atoms with E-state index in [9.17, 15) is 14.7 Å². The van der Waals surface area contributed by atoms with Gasteiger partial charge in [-0.2, -0.15) is 0 Å². The highest BCUT2D eigenvalue weighted by Crippen LogP contribution is 2.52. The molecule has 2 N–H and O–H groups in total. The molecular weight excluding hydrogens is 328 g/mol. The number of nitrogens with zero attached hydrogens (tertiary/aromatic N) is 1. The van der Waals surface area contributed by atoms with E-state index in [1.165, 1.54) is 37.9 Å². The first-order valence-electron chi connectivity index (χ1n) is 9.97. The Kier molecular flexibility index (Phi) is 4.98. The van der Waals surface area contributed by atoms with Gasteiger partial charge in [-0.3, -0.25) is 14.5 Å². The summed E-state index contributed by atoms with van der Waals surface area (Å²) in [4.78, 5) is 26.8. The molecule has 26 heavy (non-hydrogen) atoms. The molecule has 0 unspecified atom stereocenters. The third-order valence-corrected chi connectivity index (χ3v) is 6.58. The molecule has 5 nitrogen and oxygen atoms in total. The number of fused-ring (bicyclic) bond motifs is 2. The first kappa shape index (κ1) is 17.5. The van der Waals surface area contributed by atoms with Crippen LogP contribution in [0.2, 0.25) is 0 Å². The second kappa shape index (κ2) is 7.39. The summed E-state index contributed by atoms with van der Waals surface area (Å²) in [5, 5.41) is 12.5. The number of benzene rings is 1. The fraction of sp³-hybridized carbons (Fsp3) is 0.619. The summed E-state index contributed by atoms with van der Waals surface area (Å²) in [6.45, 7) is 3.29. The molecule has 0 radical (unpaired) electrons. The molecule has 4 rings (SSSR count). The molecule has 3 fully saturated rings. The van der Waals surface area contributed by atoms with Crippen molar-refractivity contribution in [2.75, 3.05) is 18.4 Å². The molecule has 5 heteroatoms. The lowest BCUT2D eigenvalue weighted by Crippen LogP contribution is -2.37. The van der Waals surface area contributed by atoms with Crippen molar-refractivity contribution >= 4 is 17.6 Å². The number of rotatable bonds is 5. The van der Waals surface area contributed by atoms with Gasteiger partial charge < -0.3 is 10.4 Å². The van der Waals surface area contributed by atoms with Crippen LogP contribution in [0.3, 0.4) is 0 Å². The van der Waals surface area contributed by atoms with Gasteiger partial charge in [-0.15, -0.1) is 0 Å². The van der Waals surface area contributed by atoms with E-state index in [0.717, 1.165) is 31.5 Å². The van der Waals surface area contributed by atoms with Crippen molar-refractivity contribution in [1.29, 1.82) is 0 Å². The average Bonchev–Trinajstić information content (AvgIpc) is 3.25. The molecular formula is C21H28N2O3. The molecule has 1 saturated heterocycles. The molecule has 0 aromatic heterocycles. The SMILES string of the molecule is O=C(O)[C@H]1[C@@H]2CC[C@@H](C2)[C@@H]1C(=O)Nc1ccc(CN2CCCCC2)cc1. The number of carbonyl (C=O) groups is 2. The van der Waals surface area contributed by atoms with Gasteiger partial charge in [0.2, 0.25) is 5.91 Å². The van der Waals surface area contributed by atoms with Gasteiger partial charge in [0, 0.05) is 12.2 Å². The Morgan fingerprint density at radius 3 is 2.31 bits per heavy atom. The zero-order valence-electron chi connectivity index (χ0n) is 15.2. The lowest BCUT2D eigenvalue weighted by Gasteiger charge is -2.27. The summed E-state index contributed by atoms with van der Waals surface area (Å²) in [6, 6.07) is 8.03. The monoisotopic (exact) mass is 356 g/mol. The molecule has 4 atom stereocenters. The lowest BCUT2D eigenvalue weighted by molar-refractivity contribution is -0.148. The van der Waals surface area contributed by atoms with Crippen LogP contribution in [0.4, 0.5) is 5.69 Å². The van der Waals surface area contributed by atoms with Gasteiger partial charge in [-0.25, -0.2) is 0 Å². The van der Waals surface area contributed by atoms with Crippen molar-refractivity contribution < 1.29 is 14.7 Å². The van der Waals surface area contributed by atoms with Gasteiger partial charge in [0.05, 0.1) is 11.8 Å². The number of aliphatic carboxylic acids is 1. The fourth-order valence-electron chi connectivity index (χ4n) is 5.32. The number of nitrogens with one attached hydrogen (secondary N) is 1.